The van der Waals surface area contributed by atoms with Crippen LogP contribution >= 0.6 is 0 Å². The van der Waals surface area contributed by atoms with Gasteiger partial charge in [-0.2, -0.15) is 0 Å². The van der Waals surface area contributed by atoms with E-state index >= 15 is 0 Å². The van der Waals surface area contributed by atoms with Crippen LogP contribution in [0.25, 0.3) is 0 Å². The molecule has 0 aliphatic carbocycles. The van der Waals surface area contributed by atoms with Crippen molar-refractivity contribution in [3.63, 3.8) is 0 Å². The number of carbonyl (C=O) groups is 2. The molecule has 2 aliphatic rings. The molecular weight excluding hydrogens is 320 g/mol. The summed E-state index contributed by atoms with van der Waals surface area (Å²) < 4.78 is 10.8. The number of benzene rings is 1. The molecule has 3 rings (SSSR count). The number of likely N-dealkylation sites (tertiary alicyclic amines) is 1. The van der Waals surface area contributed by atoms with Crippen molar-refractivity contribution in [2.45, 2.75) is 32.4 Å². The quantitative estimate of drug-likeness (QED) is 0.828. The average Bonchev–Trinajstić information content (AvgIpc) is 3.03. The van der Waals surface area contributed by atoms with E-state index in [-0.39, 0.29) is 23.8 Å². The molecule has 2 amide bonds. The van der Waals surface area contributed by atoms with Gasteiger partial charge >= 0.3 is 0 Å². The van der Waals surface area contributed by atoms with E-state index in [2.05, 4.69) is 6.07 Å². The Morgan fingerprint density at radius 3 is 2.64 bits per heavy atom. The zero-order valence-electron chi connectivity index (χ0n) is 15.2. The van der Waals surface area contributed by atoms with Crippen LogP contribution in [-0.2, 0) is 27.3 Å². The highest BCUT2D eigenvalue weighted by atomic mass is 16.5. The number of fused-ring (bicyclic) bond motifs is 1. The minimum atomic E-state index is -0.0648. The first kappa shape index (κ1) is 17.7. The predicted molar refractivity (Wildman–Crippen MR) is 93.3 cm³/mol. The molecule has 1 aromatic carbocycles. The van der Waals surface area contributed by atoms with Crippen molar-refractivity contribution in [3.8, 4) is 5.75 Å². The van der Waals surface area contributed by atoms with Gasteiger partial charge in [0.15, 0.2) is 0 Å². The molecule has 1 aromatic rings. The summed E-state index contributed by atoms with van der Waals surface area (Å²) >= 11 is 0. The number of rotatable bonds is 4. The molecule has 136 valence electrons. The zero-order valence-corrected chi connectivity index (χ0v) is 15.2. The minimum absolute atomic E-state index is 0.0380. The summed E-state index contributed by atoms with van der Waals surface area (Å²) in [5, 5.41) is 0. The fraction of sp³-hybridized carbons (Fsp3) is 0.579. The first-order valence-corrected chi connectivity index (χ1v) is 8.73. The lowest BCUT2D eigenvalue weighted by Gasteiger charge is -2.30. The number of nitrogens with zero attached hydrogens (tertiary/aromatic N) is 2. The molecule has 0 bridgehead atoms. The van der Waals surface area contributed by atoms with Crippen molar-refractivity contribution in [2.24, 2.45) is 5.92 Å². The van der Waals surface area contributed by atoms with Gasteiger partial charge in [0.25, 0.3) is 0 Å². The molecule has 6 heteroatoms. The Morgan fingerprint density at radius 1 is 1.16 bits per heavy atom. The normalized spacial score (nSPS) is 22.7. The van der Waals surface area contributed by atoms with Crippen LogP contribution in [0, 0.1) is 5.92 Å². The second-order valence-corrected chi connectivity index (χ2v) is 6.86. The summed E-state index contributed by atoms with van der Waals surface area (Å²) in [6.45, 7) is 4.08. The first-order valence-electron chi connectivity index (χ1n) is 8.73. The second kappa shape index (κ2) is 7.44. The number of hydrogen-bond donors (Lipinski definition) is 0. The molecule has 1 saturated heterocycles. The number of amides is 2. The van der Waals surface area contributed by atoms with Gasteiger partial charge in [0.2, 0.25) is 11.8 Å². The van der Waals surface area contributed by atoms with Crippen LogP contribution in [-0.4, -0.2) is 61.6 Å². The SMILES string of the molecule is COc1ccc2c(c1)CN(C(=O)C[C@H]1CN(C(C)=O)C[C@@H]1OC)CC2. The first-order chi connectivity index (χ1) is 12.0. The van der Waals surface area contributed by atoms with Gasteiger partial charge in [-0.05, 0) is 29.7 Å². The Bertz CT molecular complexity index is 661. The molecule has 6 nitrogen and oxygen atoms in total. The molecule has 0 aromatic heterocycles. The van der Waals surface area contributed by atoms with Crippen LogP contribution in [0.2, 0.25) is 0 Å². The van der Waals surface area contributed by atoms with E-state index < -0.39 is 0 Å². The Labute approximate surface area is 148 Å². The third kappa shape index (κ3) is 3.79. The third-order valence-corrected chi connectivity index (χ3v) is 5.34. The van der Waals surface area contributed by atoms with Gasteiger partial charge in [-0.15, -0.1) is 0 Å². The van der Waals surface area contributed by atoms with Crippen molar-refractivity contribution < 1.29 is 19.1 Å². The maximum absolute atomic E-state index is 12.8. The summed E-state index contributed by atoms with van der Waals surface area (Å²) in [4.78, 5) is 28.1. The van der Waals surface area contributed by atoms with E-state index in [1.54, 1.807) is 26.0 Å². The monoisotopic (exact) mass is 346 g/mol. The van der Waals surface area contributed by atoms with E-state index in [1.165, 1.54) is 5.56 Å². The third-order valence-electron chi connectivity index (χ3n) is 5.34. The maximum Gasteiger partial charge on any atom is 0.223 e. The van der Waals surface area contributed by atoms with Crippen molar-refractivity contribution in [2.75, 3.05) is 33.9 Å². The van der Waals surface area contributed by atoms with Gasteiger partial charge in [0.1, 0.15) is 5.75 Å². The highest BCUT2D eigenvalue weighted by molar-refractivity contribution is 5.78. The van der Waals surface area contributed by atoms with Crippen LogP contribution in [0.15, 0.2) is 18.2 Å². The lowest BCUT2D eigenvalue weighted by Crippen LogP contribution is -2.38. The predicted octanol–water partition coefficient (Wildman–Crippen LogP) is 1.46. The lowest BCUT2D eigenvalue weighted by molar-refractivity contribution is -0.134. The number of carbonyl (C=O) groups excluding carboxylic acids is 2. The van der Waals surface area contributed by atoms with Gasteiger partial charge in [-0.25, -0.2) is 0 Å². The highest BCUT2D eigenvalue weighted by Crippen LogP contribution is 2.27. The maximum atomic E-state index is 12.8. The van der Waals surface area contributed by atoms with E-state index in [4.69, 9.17) is 9.47 Å². The molecule has 0 N–H and O–H groups in total. The summed E-state index contributed by atoms with van der Waals surface area (Å²) in [5.74, 6) is 1.05. The summed E-state index contributed by atoms with van der Waals surface area (Å²) in [6, 6.07) is 6.06. The van der Waals surface area contributed by atoms with E-state index in [0.717, 1.165) is 24.3 Å². The highest BCUT2D eigenvalue weighted by Gasteiger charge is 2.36. The molecule has 1 fully saturated rings. The molecule has 0 unspecified atom stereocenters. The van der Waals surface area contributed by atoms with Crippen molar-refractivity contribution in [1.82, 2.24) is 9.80 Å². The smallest absolute Gasteiger partial charge is 0.223 e. The largest absolute Gasteiger partial charge is 0.497 e. The number of ether oxygens (including phenoxy) is 2. The fourth-order valence-electron chi connectivity index (χ4n) is 3.79. The van der Waals surface area contributed by atoms with Gasteiger partial charge < -0.3 is 19.3 Å². The Kier molecular flexibility index (Phi) is 5.27. The van der Waals surface area contributed by atoms with Crippen LogP contribution in [0.1, 0.15) is 24.5 Å². The molecule has 25 heavy (non-hydrogen) atoms. The van der Waals surface area contributed by atoms with Crippen LogP contribution in [0.3, 0.4) is 0 Å². The Morgan fingerprint density at radius 2 is 1.96 bits per heavy atom. The van der Waals surface area contributed by atoms with Crippen LogP contribution in [0.4, 0.5) is 0 Å². The molecule has 0 saturated carbocycles. The van der Waals surface area contributed by atoms with Crippen LogP contribution in [0.5, 0.6) is 5.75 Å². The molecule has 2 aliphatic heterocycles. The summed E-state index contributed by atoms with van der Waals surface area (Å²) in [5.41, 5.74) is 2.43. The standard InChI is InChI=1S/C19H26N2O4/c1-13(22)21-11-16(18(12-21)25-3)9-19(23)20-7-6-14-4-5-17(24-2)8-15(14)10-20/h4-5,8,16,18H,6-7,9-12H2,1-3H3/t16-,18-/m0/s1. The van der Waals surface area contributed by atoms with Crippen molar-refractivity contribution in [3.05, 3.63) is 29.3 Å². The molecule has 0 radical (unpaired) electrons. The number of methoxy groups -OCH3 is 2. The van der Waals surface area contributed by atoms with E-state index in [0.29, 0.717) is 26.1 Å². The minimum Gasteiger partial charge on any atom is -0.497 e. The second-order valence-electron chi connectivity index (χ2n) is 6.86. The molecular formula is C19H26N2O4. The summed E-state index contributed by atoms with van der Waals surface area (Å²) in [6.07, 6.45) is 1.22. The summed E-state index contributed by atoms with van der Waals surface area (Å²) in [7, 11) is 3.30. The van der Waals surface area contributed by atoms with Gasteiger partial charge in [-0.3, -0.25) is 9.59 Å². The lowest BCUT2D eigenvalue weighted by atomic mass is 9.97. The van der Waals surface area contributed by atoms with Crippen molar-refractivity contribution in [1.29, 1.82) is 0 Å². The molecule has 2 heterocycles. The van der Waals surface area contributed by atoms with E-state index in [1.807, 2.05) is 17.0 Å². The average molecular weight is 346 g/mol. The number of hydrogen-bond acceptors (Lipinski definition) is 4. The molecule has 2 atom stereocenters. The molecule has 0 spiro atoms. The van der Waals surface area contributed by atoms with Gasteiger partial charge in [0, 0.05) is 52.6 Å². The van der Waals surface area contributed by atoms with Gasteiger partial charge in [-0.1, -0.05) is 6.07 Å². The topological polar surface area (TPSA) is 59.1 Å². The van der Waals surface area contributed by atoms with Crippen molar-refractivity contribution >= 4 is 11.8 Å². The van der Waals surface area contributed by atoms with E-state index in [9.17, 15) is 9.59 Å². The Balaban J connectivity index is 1.64. The van der Waals surface area contributed by atoms with Crippen LogP contribution < -0.4 is 4.74 Å². The fourth-order valence-corrected chi connectivity index (χ4v) is 3.79. The Hall–Kier alpha value is -2.08. The van der Waals surface area contributed by atoms with Gasteiger partial charge in [0.05, 0.1) is 13.2 Å². The zero-order chi connectivity index (χ0) is 18.0.